The lowest BCUT2D eigenvalue weighted by atomic mass is 9.86. The van der Waals surface area contributed by atoms with Crippen molar-refractivity contribution in [1.29, 1.82) is 0 Å². The van der Waals surface area contributed by atoms with Gasteiger partial charge in [-0.3, -0.25) is 4.79 Å². The number of carbonyl (C=O) groups is 1. The summed E-state index contributed by atoms with van der Waals surface area (Å²) >= 11 is 0. The van der Waals surface area contributed by atoms with Gasteiger partial charge in [0.25, 0.3) is 0 Å². The molecule has 2 nitrogen and oxygen atoms in total. The summed E-state index contributed by atoms with van der Waals surface area (Å²) in [5.41, 5.74) is 1.98. The number of hydrogen-bond acceptors (Lipinski definition) is 2. The number of Topliss-reactive ketones (excluding diaryl/α,β-unsaturated/α-hetero) is 1. The monoisotopic (exact) mass is 318 g/mol. The van der Waals surface area contributed by atoms with Crippen LogP contribution in [0.1, 0.15) is 36.7 Å². The molecule has 0 aliphatic rings. The number of benzene rings is 3. The first-order valence-electron chi connectivity index (χ1n) is 8.19. The Bertz CT molecular complexity index is 850. The van der Waals surface area contributed by atoms with Crippen LogP contribution in [0.2, 0.25) is 0 Å². The Hall–Kier alpha value is -2.61. The average molecular weight is 318 g/mol. The maximum Gasteiger partial charge on any atom is 0.200 e. The van der Waals surface area contributed by atoms with Crippen molar-refractivity contribution in [2.75, 3.05) is 6.61 Å². The Kier molecular flexibility index (Phi) is 4.39. The molecule has 0 aliphatic heterocycles. The van der Waals surface area contributed by atoms with E-state index in [4.69, 9.17) is 4.74 Å². The van der Waals surface area contributed by atoms with Gasteiger partial charge in [0.15, 0.2) is 12.4 Å². The molecule has 2 heteroatoms. The van der Waals surface area contributed by atoms with E-state index < -0.39 is 0 Å². The van der Waals surface area contributed by atoms with Gasteiger partial charge >= 0.3 is 0 Å². The molecule has 0 unspecified atom stereocenters. The summed E-state index contributed by atoms with van der Waals surface area (Å²) in [4.78, 5) is 12.4. The highest BCUT2D eigenvalue weighted by Crippen LogP contribution is 2.25. The number of hydrogen-bond donors (Lipinski definition) is 0. The Labute approximate surface area is 143 Å². The predicted molar refractivity (Wildman–Crippen MR) is 98.9 cm³/mol. The number of carbonyl (C=O) groups excluding carboxylic acids is 1. The zero-order chi connectivity index (χ0) is 17.2. The minimum Gasteiger partial charge on any atom is -0.485 e. The number of rotatable bonds is 4. The van der Waals surface area contributed by atoms with Crippen molar-refractivity contribution in [2.45, 2.75) is 26.2 Å². The first-order chi connectivity index (χ1) is 11.4. The van der Waals surface area contributed by atoms with Gasteiger partial charge in [-0.2, -0.15) is 0 Å². The van der Waals surface area contributed by atoms with Crippen molar-refractivity contribution < 1.29 is 9.53 Å². The lowest BCUT2D eigenvalue weighted by molar-refractivity contribution is 0.0922. The summed E-state index contributed by atoms with van der Waals surface area (Å²) in [6.45, 7) is 6.53. The summed E-state index contributed by atoms with van der Waals surface area (Å²) in [5, 5.41) is 2.13. The van der Waals surface area contributed by atoms with Crippen molar-refractivity contribution in [3.63, 3.8) is 0 Å². The first-order valence-corrected chi connectivity index (χ1v) is 8.19. The van der Waals surface area contributed by atoms with Crippen LogP contribution in [0.3, 0.4) is 0 Å². The highest BCUT2D eigenvalue weighted by Gasteiger charge is 2.14. The van der Waals surface area contributed by atoms with E-state index in [0.29, 0.717) is 5.56 Å². The molecule has 0 heterocycles. The predicted octanol–water partition coefficient (Wildman–Crippen LogP) is 5.40. The van der Waals surface area contributed by atoms with Gasteiger partial charge in [-0.15, -0.1) is 0 Å². The molecule has 0 aliphatic carbocycles. The second-order valence-corrected chi connectivity index (χ2v) is 7.02. The second kappa shape index (κ2) is 6.48. The van der Waals surface area contributed by atoms with E-state index >= 15 is 0 Å². The molecule has 122 valence electrons. The Balaban J connectivity index is 1.73. The van der Waals surface area contributed by atoms with Crippen molar-refractivity contribution in [3.8, 4) is 5.75 Å². The second-order valence-electron chi connectivity index (χ2n) is 7.02. The highest BCUT2D eigenvalue weighted by molar-refractivity contribution is 5.97. The third kappa shape index (κ3) is 3.48. The minimum atomic E-state index is -0.0107. The van der Waals surface area contributed by atoms with Crippen LogP contribution in [0.5, 0.6) is 5.75 Å². The molecule has 0 N–H and O–H groups in total. The Morgan fingerprint density at radius 1 is 0.875 bits per heavy atom. The molecule has 0 fully saturated rings. The average Bonchev–Trinajstić information content (AvgIpc) is 2.59. The summed E-state index contributed by atoms with van der Waals surface area (Å²) in [5.74, 6) is 0.733. The van der Waals surface area contributed by atoms with E-state index in [0.717, 1.165) is 16.5 Å². The fraction of sp³-hybridized carbons (Fsp3) is 0.227. The van der Waals surface area contributed by atoms with Crippen LogP contribution >= 0.6 is 0 Å². The van der Waals surface area contributed by atoms with Crippen LogP contribution in [-0.4, -0.2) is 12.4 Å². The van der Waals surface area contributed by atoms with E-state index in [-0.39, 0.29) is 17.8 Å². The third-order valence-corrected chi connectivity index (χ3v) is 4.18. The largest absolute Gasteiger partial charge is 0.485 e. The molecule has 3 rings (SSSR count). The highest BCUT2D eigenvalue weighted by atomic mass is 16.5. The molecule has 0 saturated carbocycles. The first kappa shape index (κ1) is 16.3. The van der Waals surface area contributed by atoms with E-state index in [9.17, 15) is 4.79 Å². The summed E-state index contributed by atoms with van der Waals surface area (Å²) in [6.07, 6.45) is 0. The summed E-state index contributed by atoms with van der Waals surface area (Å²) in [6, 6.07) is 21.7. The molecule has 0 bridgehead atoms. The molecular weight excluding hydrogens is 296 g/mol. The van der Waals surface area contributed by atoms with Gasteiger partial charge in [0.2, 0.25) is 0 Å². The molecule has 0 aromatic heterocycles. The van der Waals surface area contributed by atoms with Crippen LogP contribution in [0, 0.1) is 0 Å². The molecule has 0 radical (unpaired) electrons. The Morgan fingerprint density at radius 2 is 1.54 bits per heavy atom. The number of ether oxygens (including phenoxy) is 1. The number of ketones is 1. The summed E-state index contributed by atoms with van der Waals surface area (Å²) < 4.78 is 5.78. The van der Waals surface area contributed by atoms with E-state index in [1.54, 1.807) is 0 Å². The van der Waals surface area contributed by atoms with Gasteiger partial charge in [0.1, 0.15) is 5.75 Å². The molecular formula is C22H22O2. The van der Waals surface area contributed by atoms with Crippen molar-refractivity contribution in [1.82, 2.24) is 0 Å². The van der Waals surface area contributed by atoms with Gasteiger partial charge < -0.3 is 4.74 Å². The molecule has 3 aromatic carbocycles. The molecule has 0 atom stereocenters. The van der Waals surface area contributed by atoms with E-state index in [1.807, 2.05) is 66.7 Å². The quantitative estimate of drug-likeness (QED) is 0.602. The molecule has 24 heavy (non-hydrogen) atoms. The molecule has 0 amide bonds. The van der Waals surface area contributed by atoms with Gasteiger partial charge in [-0.05, 0) is 22.4 Å². The van der Waals surface area contributed by atoms with E-state index in [1.165, 1.54) is 5.56 Å². The Morgan fingerprint density at radius 3 is 2.25 bits per heavy atom. The standard InChI is InChI=1S/C22H22O2/c1-22(2,3)18-13-11-17(12-14-18)20(23)15-24-21-10-6-8-16-7-4-5-9-19(16)21/h4-14H,15H2,1-3H3. The fourth-order valence-corrected chi connectivity index (χ4v) is 2.70. The minimum absolute atomic E-state index is 0.0107. The summed E-state index contributed by atoms with van der Waals surface area (Å²) in [7, 11) is 0. The van der Waals surface area contributed by atoms with Crippen LogP contribution in [-0.2, 0) is 5.41 Å². The zero-order valence-electron chi connectivity index (χ0n) is 14.4. The lowest BCUT2D eigenvalue weighted by Gasteiger charge is -2.19. The SMILES string of the molecule is CC(C)(C)c1ccc(C(=O)COc2cccc3ccccc23)cc1. The van der Waals surface area contributed by atoms with Crippen LogP contribution < -0.4 is 4.74 Å². The van der Waals surface area contributed by atoms with Gasteiger partial charge in [-0.25, -0.2) is 0 Å². The van der Waals surface area contributed by atoms with Crippen molar-refractivity contribution in [3.05, 3.63) is 77.9 Å². The fourth-order valence-electron chi connectivity index (χ4n) is 2.70. The topological polar surface area (TPSA) is 26.3 Å². The van der Waals surface area contributed by atoms with E-state index in [2.05, 4.69) is 20.8 Å². The maximum absolute atomic E-state index is 12.4. The zero-order valence-corrected chi connectivity index (χ0v) is 14.4. The van der Waals surface area contributed by atoms with Crippen molar-refractivity contribution in [2.24, 2.45) is 0 Å². The molecule has 3 aromatic rings. The van der Waals surface area contributed by atoms with Crippen molar-refractivity contribution >= 4 is 16.6 Å². The maximum atomic E-state index is 12.4. The lowest BCUT2D eigenvalue weighted by Crippen LogP contribution is -2.14. The number of fused-ring (bicyclic) bond motifs is 1. The van der Waals surface area contributed by atoms with Gasteiger partial charge in [0.05, 0.1) is 0 Å². The normalized spacial score (nSPS) is 11.5. The van der Waals surface area contributed by atoms with Gasteiger partial charge in [-0.1, -0.05) is 81.4 Å². The molecule has 0 spiro atoms. The van der Waals surface area contributed by atoms with Crippen LogP contribution in [0.15, 0.2) is 66.7 Å². The van der Waals surface area contributed by atoms with Gasteiger partial charge in [0, 0.05) is 10.9 Å². The smallest absolute Gasteiger partial charge is 0.200 e. The molecule has 0 saturated heterocycles. The van der Waals surface area contributed by atoms with Crippen LogP contribution in [0.25, 0.3) is 10.8 Å². The third-order valence-electron chi connectivity index (χ3n) is 4.18. The van der Waals surface area contributed by atoms with Crippen LogP contribution in [0.4, 0.5) is 0 Å².